The van der Waals surface area contributed by atoms with Gasteiger partial charge in [-0.05, 0) is 49.4 Å². The maximum absolute atomic E-state index is 4.29. The quantitative estimate of drug-likeness (QED) is 0.343. The summed E-state index contributed by atoms with van der Waals surface area (Å²) in [6.45, 7) is 18.3. The molecule has 0 aromatic heterocycles. The summed E-state index contributed by atoms with van der Waals surface area (Å²) in [7, 11) is 0. The normalized spacial score (nSPS) is 15.1. The van der Waals surface area contributed by atoms with Gasteiger partial charge in [0, 0.05) is 0 Å². The lowest BCUT2D eigenvalue weighted by atomic mass is 9.72. The van der Waals surface area contributed by atoms with Gasteiger partial charge >= 0.3 is 0 Å². The molecule has 0 aliphatic rings. The van der Waals surface area contributed by atoms with E-state index in [1.54, 1.807) is 0 Å². The fourth-order valence-corrected chi connectivity index (χ4v) is 3.54. The van der Waals surface area contributed by atoms with Crippen molar-refractivity contribution in [1.82, 2.24) is 0 Å². The molecule has 1 atom stereocenters. The van der Waals surface area contributed by atoms with Crippen molar-refractivity contribution in [3.8, 4) is 0 Å². The molecule has 0 amide bonds. The number of hydrogen-bond donors (Lipinski definition) is 0. The van der Waals surface area contributed by atoms with Gasteiger partial charge in [0.15, 0.2) is 0 Å². The van der Waals surface area contributed by atoms with E-state index in [4.69, 9.17) is 0 Å². The first-order chi connectivity index (χ1) is 9.28. The Morgan fingerprint density at radius 1 is 0.850 bits per heavy atom. The van der Waals surface area contributed by atoms with Gasteiger partial charge in [0.2, 0.25) is 0 Å². The molecule has 0 nitrogen and oxygen atoms in total. The Balaban J connectivity index is 4.28. The van der Waals surface area contributed by atoms with Gasteiger partial charge in [-0.3, -0.25) is 0 Å². The average Bonchev–Trinajstić information content (AvgIpc) is 2.33. The van der Waals surface area contributed by atoms with Crippen molar-refractivity contribution in [1.29, 1.82) is 0 Å². The van der Waals surface area contributed by atoms with Crippen LogP contribution in [0.3, 0.4) is 0 Å². The molecule has 0 aromatic rings. The Morgan fingerprint density at radius 3 is 1.90 bits per heavy atom. The maximum Gasteiger partial charge on any atom is -0.0274 e. The Kier molecular flexibility index (Phi) is 9.51. The molecule has 0 saturated carbocycles. The zero-order valence-electron chi connectivity index (χ0n) is 15.3. The van der Waals surface area contributed by atoms with E-state index in [-0.39, 0.29) is 0 Å². The number of unbranched alkanes of at least 4 members (excludes halogenated alkanes) is 1. The third-order valence-electron chi connectivity index (χ3n) is 4.61. The van der Waals surface area contributed by atoms with Crippen LogP contribution in [0.4, 0.5) is 0 Å². The van der Waals surface area contributed by atoms with Crippen LogP contribution in [0.1, 0.15) is 106 Å². The first-order valence-electron chi connectivity index (χ1n) is 8.95. The lowest BCUT2D eigenvalue weighted by molar-refractivity contribution is 0.194. The highest BCUT2D eigenvalue weighted by molar-refractivity contribution is 4.97. The first kappa shape index (κ1) is 19.7. The van der Waals surface area contributed by atoms with Crippen molar-refractivity contribution in [2.24, 2.45) is 10.8 Å². The van der Waals surface area contributed by atoms with Crippen LogP contribution in [0, 0.1) is 10.8 Å². The van der Waals surface area contributed by atoms with Crippen LogP contribution in [-0.4, -0.2) is 0 Å². The summed E-state index contributed by atoms with van der Waals surface area (Å²) < 4.78 is 0. The molecule has 20 heavy (non-hydrogen) atoms. The Hall–Kier alpha value is -0.260. The van der Waals surface area contributed by atoms with Crippen molar-refractivity contribution in [3.05, 3.63) is 12.2 Å². The minimum Gasteiger partial charge on any atom is -0.0998 e. The molecule has 0 aliphatic carbocycles. The average molecular weight is 281 g/mol. The third-order valence-corrected chi connectivity index (χ3v) is 4.61. The molecule has 0 fully saturated rings. The van der Waals surface area contributed by atoms with E-state index in [9.17, 15) is 0 Å². The van der Waals surface area contributed by atoms with Gasteiger partial charge in [-0.15, -0.1) is 0 Å². The Bertz CT molecular complexity index is 256. The molecule has 0 saturated heterocycles. The second kappa shape index (κ2) is 9.64. The van der Waals surface area contributed by atoms with Gasteiger partial charge in [-0.2, -0.15) is 0 Å². The van der Waals surface area contributed by atoms with Crippen LogP contribution in [0.15, 0.2) is 12.2 Å². The van der Waals surface area contributed by atoms with E-state index in [0.717, 1.165) is 0 Å². The number of allylic oxidation sites excluding steroid dienone is 1. The van der Waals surface area contributed by atoms with Crippen molar-refractivity contribution >= 4 is 0 Å². The van der Waals surface area contributed by atoms with Gasteiger partial charge in [0.25, 0.3) is 0 Å². The second-order valence-corrected chi connectivity index (χ2v) is 8.05. The molecule has 0 N–H and O–H groups in total. The van der Waals surface area contributed by atoms with Crippen LogP contribution in [0.5, 0.6) is 0 Å². The van der Waals surface area contributed by atoms with E-state index < -0.39 is 0 Å². The topological polar surface area (TPSA) is 0 Å². The monoisotopic (exact) mass is 280 g/mol. The van der Waals surface area contributed by atoms with E-state index >= 15 is 0 Å². The molecule has 120 valence electrons. The molecule has 0 aromatic carbocycles. The molecule has 0 heteroatoms. The summed E-state index contributed by atoms with van der Waals surface area (Å²) in [4.78, 5) is 0. The second-order valence-electron chi connectivity index (χ2n) is 8.05. The van der Waals surface area contributed by atoms with Crippen molar-refractivity contribution in [3.63, 3.8) is 0 Å². The molecule has 0 rings (SSSR count). The highest BCUT2D eigenvalue weighted by atomic mass is 14.3. The first-order valence-corrected chi connectivity index (χ1v) is 8.95. The summed E-state index contributed by atoms with van der Waals surface area (Å²) in [5.74, 6) is 0. The van der Waals surface area contributed by atoms with Crippen LogP contribution in [0.25, 0.3) is 0 Å². The molecule has 0 radical (unpaired) electrons. The standard InChI is InChI=1S/C20H40/c1-8-11-15-20(10-3,14-9-2)16-12-13-18(4)17-19(5,6)7/h4,8-17H2,1-3,5-7H3. The molecular formula is C20H40. The van der Waals surface area contributed by atoms with Gasteiger partial charge in [0.1, 0.15) is 0 Å². The summed E-state index contributed by atoms with van der Waals surface area (Å²) in [6, 6.07) is 0. The molecule has 0 bridgehead atoms. The highest BCUT2D eigenvalue weighted by Gasteiger charge is 2.26. The van der Waals surface area contributed by atoms with Crippen molar-refractivity contribution in [2.75, 3.05) is 0 Å². The van der Waals surface area contributed by atoms with Crippen molar-refractivity contribution < 1.29 is 0 Å². The lowest BCUT2D eigenvalue weighted by Crippen LogP contribution is -2.20. The minimum absolute atomic E-state index is 0.393. The van der Waals surface area contributed by atoms with E-state index in [0.29, 0.717) is 10.8 Å². The number of rotatable bonds is 11. The Morgan fingerprint density at radius 2 is 1.45 bits per heavy atom. The van der Waals surface area contributed by atoms with Gasteiger partial charge in [-0.25, -0.2) is 0 Å². The van der Waals surface area contributed by atoms with E-state index in [1.165, 1.54) is 69.8 Å². The summed E-state index contributed by atoms with van der Waals surface area (Å²) >= 11 is 0. The predicted octanol–water partition coefficient (Wildman–Crippen LogP) is 7.54. The molecule has 0 heterocycles. The summed E-state index contributed by atoms with van der Waals surface area (Å²) in [5.41, 5.74) is 2.46. The smallest absolute Gasteiger partial charge is 0.0274 e. The van der Waals surface area contributed by atoms with Crippen LogP contribution in [0.2, 0.25) is 0 Å². The molecular weight excluding hydrogens is 240 g/mol. The van der Waals surface area contributed by atoms with Gasteiger partial charge < -0.3 is 0 Å². The fourth-order valence-electron chi connectivity index (χ4n) is 3.54. The zero-order chi connectivity index (χ0) is 15.6. The van der Waals surface area contributed by atoms with Crippen LogP contribution in [-0.2, 0) is 0 Å². The van der Waals surface area contributed by atoms with E-state index in [1.807, 2.05) is 0 Å². The summed E-state index contributed by atoms with van der Waals surface area (Å²) in [6.07, 6.45) is 13.4. The predicted molar refractivity (Wildman–Crippen MR) is 94.2 cm³/mol. The largest absolute Gasteiger partial charge is 0.0998 e. The van der Waals surface area contributed by atoms with Gasteiger partial charge in [0.05, 0.1) is 0 Å². The minimum atomic E-state index is 0.393. The summed E-state index contributed by atoms with van der Waals surface area (Å²) in [5, 5.41) is 0. The van der Waals surface area contributed by atoms with Crippen LogP contribution >= 0.6 is 0 Å². The lowest BCUT2D eigenvalue weighted by Gasteiger charge is -2.33. The van der Waals surface area contributed by atoms with Gasteiger partial charge in [-0.1, -0.05) is 79.4 Å². The molecule has 0 spiro atoms. The SMILES string of the molecule is C=C(CCCC(CC)(CCC)CCCC)CC(C)(C)C. The molecule has 1 unspecified atom stereocenters. The molecule has 0 aliphatic heterocycles. The van der Waals surface area contributed by atoms with Crippen LogP contribution < -0.4 is 0 Å². The zero-order valence-corrected chi connectivity index (χ0v) is 15.3. The maximum atomic E-state index is 4.29. The van der Waals surface area contributed by atoms with E-state index in [2.05, 4.69) is 48.1 Å². The highest BCUT2D eigenvalue weighted by Crippen LogP contribution is 2.40. The van der Waals surface area contributed by atoms with Crippen molar-refractivity contribution in [2.45, 2.75) is 106 Å². The third kappa shape index (κ3) is 8.82. The number of hydrogen-bond acceptors (Lipinski definition) is 0. The fraction of sp³-hybridized carbons (Fsp3) is 0.900. The Labute approximate surface area is 129 Å².